The minimum atomic E-state index is -0.255. The van der Waals surface area contributed by atoms with Gasteiger partial charge in [0.25, 0.3) is 0 Å². The van der Waals surface area contributed by atoms with Crippen molar-refractivity contribution < 1.29 is 9.13 Å². The van der Waals surface area contributed by atoms with Crippen molar-refractivity contribution in [3.8, 4) is 5.75 Å². The van der Waals surface area contributed by atoms with E-state index in [4.69, 9.17) is 10.5 Å². The van der Waals surface area contributed by atoms with Crippen molar-refractivity contribution >= 4 is 0 Å². The topological polar surface area (TPSA) is 35.2 Å². The smallest absolute Gasteiger partial charge is 0.126 e. The lowest BCUT2D eigenvalue weighted by Gasteiger charge is -2.29. The third-order valence-corrected chi connectivity index (χ3v) is 3.88. The van der Waals surface area contributed by atoms with Crippen LogP contribution in [-0.2, 0) is 0 Å². The molecule has 1 fully saturated rings. The van der Waals surface area contributed by atoms with E-state index in [1.807, 2.05) is 0 Å². The molecule has 1 aromatic carbocycles. The van der Waals surface area contributed by atoms with Crippen LogP contribution in [0.4, 0.5) is 4.39 Å². The minimum absolute atomic E-state index is 0.255. The highest BCUT2D eigenvalue weighted by atomic mass is 19.1. The van der Waals surface area contributed by atoms with Gasteiger partial charge in [0, 0.05) is 12.0 Å². The number of halogens is 1. The van der Waals surface area contributed by atoms with Gasteiger partial charge in [-0.1, -0.05) is 38.2 Å². The molecule has 1 atom stereocenters. The second-order valence-electron chi connectivity index (χ2n) is 5.16. The Labute approximate surface area is 108 Å². The zero-order chi connectivity index (χ0) is 12.8. The van der Waals surface area contributed by atoms with Crippen molar-refractivity contribution in [1.29, 1.82) is 0 Å². The van der Waals surface area contributed by atoms with E-state index in [1.165, 1.54) is 44.2 Å². The van der Waals surface area contributed by atoms with Gasteiger partial charge in [-0.15, -0.1) is 0 Å². The molecule has 18 heavy (non-hydrogen) atoms. The van der Waals surface area contributed by atoms with E-state index in [1.54, 1.807) is 12.1 Å². The Morgan fingerprint density at radius 3 is 2.72 bits per heavy atom. The number of hydrogen-bond donors (Lipinski definition) is 1. The van der Waals surface area contributed by atoms with Crippen molar-refractivity contribution in [2.75, 3.05) is 13.2 Å². The third kappa shape index (κ3) is 3.70. The Balaban J connectivity index is 1.86. The summed E-state index contributed by atoms with van der Waals surface area (Å²) in [6.45, 7) is 1.25. The standard InChI is InChI=1S/C15H22FNO/c16-14-7-4-8-15(9-14)18-11-13(10-17)12-5-2-1-3-6-12/h4,7-9,12-13H,1-3,5-6,10-11,17H2. The number of rotatable bonds is 5. The molecule has 0 aliphatic heterocycles. The van der Waals surface area contributed by atoms with Gasteiger partial charge in [0.1, 0.15) is 11.6 Å². The molecule has 1 aliphatic rings. The number of benzene rings is 1. The van der Waals surface area contributed by atoms with Crippen LogP contribution in [0.5, 0.6) is 5.75 Å². The monoisotopic (exact) mass is 251 g/mol. The maximum absolute atomic E-state index is 13.0. The summed E-state index contributed by atoms with van der Waals surface area (Å²) in [5.41, 5.74) is 5.84. The highest BCUT2D eigenvalue weighted by Crippen LogP contribution is 2.30. The van der Waals surface area contributed by atoms with Gasteiger partial charge in [-0.25, -0.2) is 4.39 Å². The van der Waals surface area contributed by atoms with E-state index in [-0.39, 0.29) is 5.82 Å². The molecule has 1 saturated carbocycles. The molecule has 1 aromatic rings. The lowest BCUT2D eigenvalue weighted by molar-refractivity contribution is 0.167. The van der Waals surface area contributed by atoms with Gasteiger partial charge >= 0.3 is 0 Å². The lowest BCUT2D eigenvalue weighted by Crippen LogP contribution is -2.30. The van der Waals surface area contributed by atoms with E-state index in [9.17, 15) is 4.39 Å². The van der Waals surface area contributed by atoms with Crippen LogP contribution in [0.2, 0.25) is 0 Å². The molecule has 0 heterocycles. The molecular formula is C15H22FNO. The molecular weight excluding hydrogens is 229 g/mol. The van der Waals surface area contributed by atoms with Crippen molar-refractivity contribution in [3.63, 3.8) is 0 Å². The molecule has 1 unspecified atom stereocenters. The van der Waals surface area contributed by atoms with E-state index in [0.29, 0.717) is 30.7 Å². The summed E-state index contributed by atoms with van der Waals surface area (Å²) in [5.74, 6) is 1.42. The Hall–Kier alpha value is -1.09. The van der Waals surface area contributed by atoms with E-state index < -0.39 is 0 Å². The fourth-order valence-electron chi connectivity index (χ4n) is 2.76. The van der Waals surface area contributed by atoms with E-state index in [0.717, 1.165) is 0 Å². The molecule has 1 aliphatic carbocycles. The second kappa shape index (κ2) is 6.74. The predicted octanol–water partition coefficient (Wildman–Crippen LogP) is 3.36. The van der Waals surface area contributed by atoms with Crippen LogP contribution in [0.3, 0.4) is 0 Å². The fourth-order valence-corrected chi connectivity index (χ4v) is 2.76. The largest absolute Gasteiger partial charge is 0.493 e. The number of nitrogens with two attached hydrogens (primary N) is 1. The van der Waals surface area contributed by atoms with Crippen molar-refractivity contribution in [2.45, 2.75) is 32.1 Å². The van der Waals surface area contributed by atoms with Gasteiger partial charge in [0.2, 0.25) is 0 Å². The van der Waals surface area contributed by atoms with Gasteiger partial charge in [-0.05, 0) is 24.6 Å². The summed E-state index contributed by atoms with van der Waals surface area (Å²) in [6.07, 6.45) is 6.48. The number of hydrogen-bond acceptors (Lipinski definition) is 2. The maximum Gasteiger partial charge on any atom is 0.126 e. The Morgan fingerprint density at radius 1 is 1.28 bits per heavy atom. The van der Waals surface area contributed by atoms with Gasteiger partial charge < -0.3 is 10.5 Å². The fraction of sp³-hybridized carbons (Fsp3) is 0.600. The average Bonchev–Trinajstić information content (AvgIpc) is 2.41. The lowest BCUT2D eigenvalue weighted by atomic mass is 9.80. The van der Waals surface area contributed by atoms with E-state index >= 15 is 0 Å². The summed E-state index contributed by atoms with van der Waals surface area (Å²) in [7, 11) is 0. The molecule has 2 nitrogen and oxygen atoms in total. The first-order chi connectivity index (χ1) is 8.79. The average molecular weight is 251 g/mol. The first-order valence-corrected chi connectivity index (χ1v) is 6.88. The predicted molar refractivity (Wildman–Crippen MR) is 71.0 cm³/mol. The van der Waals surface area contributed by atoms with Crippen LogP contribution < -0.4 is 10.5 Å². The maximum atomic E-state index is 13.0. The Kier molecular flexibility index (Phi) is 5.00. The molecule has 0 radical (unpaired) electrons. The summed E-state index contributed by atoms with van der Waals surface area (Å²) in [6, 6.07) is 6.31. The second-order valence-corrected chi connectivity index (χ2v) is 5.16. The van der Waals surface area contributed by atoms with Crippen LogP contribution in [0.25, 0.3) is 0 Å². The SMILES string of the molecule is NCC(COc1cccc(F)c1)C1CCCCC1. The molecule has 2 rings (SSSR count). The van der Waals surface area contributed by atoms with Crippen molar-refractivity contribution in [2.24, 2.45) is 17.6 Å². The van der Waals surface area contributed by atoms with Gasteiger partial charge in [-0.3, -0.25) is 0 Å². The summed E-state index contributed by atoms with van der Waals surface area (Å²) in [5, 5.41) is 0. The molecule has 0 spiro atoms. The zero-order valence-corrected chi connectivity index (χ0v) is 10.8. The van der Waals surface area contributed by atoms with Crippen molar-refractivity contribution in [3.05, 3.63) is 30.1 Å². The van der Waals surface area contributed by atoms with Gasteiger partial charge in [0.15, 0.2) is 0 Å². The first kappa shape index (κ1) is 13.3. The summed E-state index contributed by atoms with van der Waals surface area (Å²) < 4.78 is 18.7. The van der Waals surface area contributed by atoms with Crippen LogP contribution in [-0.4, -0.2) is 13.2 Å². The van der Waals surface area contributed by atoms with Gasteiger partial charge in [-0.2, -0.15) is 0 Å². The molecule has 0 saturated heterocycles. The molecule has 2 N–H and O–H groups in total. The minimum Gasteiger partial charge on any atom is -0.493 e. The molecule has 0 amide bonds. The molecule has 0 bridgehead atoms. The van der Waals surface area contributed by atoms with E-state index in [2.05, 4.69) is 0 Å². The van der Waals surface area contributed by atoms with Crippen molar-refractivity contribution in [1.82, 2.24) is 0 Å². The highest BCUT2D eigenvalue weighted by molar-refractivity contribution is 5.22. The summed E-state index contributed by atoms with van der Waals surface area (Å²) in [4.78, 5) is 0. The number of ether oxygens (including phenoxy) is 1. The van der Waals surface area contributed by atoms with Crippen LogP contribution in [0.1, 0.15) is 32.1 Å². The molecule has 100 valence electrons. The Morgan fingerprint density at radius 2 is 2.06 bits per heavy atom. The van der Waals surface area contributed by atoms with Gasteiger partial charge in [0.05, 0.1) is 6.61 Å². The quantitative estimate of drug-likeness (QED) is 0.871. The third-order valence-electron chi connectivity index (χ3n) is 3.88. The summed E-state index contributed by atoms with van der Waals surface area (Å²) >= 11 is 0. The zero-order valence-electron chi connectivity index (χ0n) is 10.8. The normalized spacial score (nSPS) is 18.6. The van der Waals surface area contributed by atoms with Crippen LogP contribution in [0.15, 0.2) is 24.3 Å². The highest BCUT2D eigenvalue weighted by Gasteiger charge is 2.23. The van der Waals surface area contributed by atoms with Crippen LogP contribution >= 0.6 is 0 Å². The van der Waals surface area contributed by atoms with Crippen LogP contribution in [0, 0.1) is 17.7 Å². The molecule has 3 heteroatoms. The first-order valence-electron chi connectivity index (χ1n) is 6.88. The Bertz CT molecular complexity index is 363. The molecule has 0 aromatic heterocycles.